The van der Waals surface area contributed by atoms with Crippen molar-refractivity contribution in [2.75, 3.05) is 0 Å². The highest BCUT2D eigenvalue weighted by molar-refractivity contribution is 7.15. The summed E-state index contributed by atoms with van der Waals surface area (Å²) < 4.78 is 7.62. The maximum atomic E-state index is 11.0. The van der Waals surface area contributed by atoms with E-state index in [1.54, 1.807) is 24.3 Å². The van der Waals surface area contributed by atoms with E-state index in [0.29, 0.717) is 23.7 Å². The molecule has 1 aromatic carbocycles. The molecule has 0 radical (unpaired) electrons. The van der Waals surface area contributed by atoms with Crippen molar-refractivity contribution in [3.8, 4) is 11.6 Å². The fourth-order valence-electron chi connectivity index (χ4n) is 1.88. The molecule has 0 unspecified atom stereocenters. The van der Waals surface area contributed by atoms with E-state index in [0.717, 1.165) is 10.7 Å². The van der Waals surface area contributed by atoms with Gasteiger partial charge in [-0.05, 0) is 24.3 Å². The van der Waals surface area contributed by atoms with Gasteiger partial charge in [-0.2, -0.15) is 4.98 Å². The Morgan fingerprint density at radius 1 is 1.35 bits per heavy atom. The lowest BCUT2D eigenvalue weighted by Crippen LogP contribution is -2.10. The first-order valence-corrected chi connectivity index (χ1v) is 6.79. The number of carbonyl (C=O) groups excluding carboxylic acids is 1. The van der Waals surface area contributed by atoms with E-state index in [4.69, 9.17) is 16.2 Å². The lowest BCUT2D eigenvalue weighted by molar-refractivity contribution is 0.100. The van der Waals surface area contributed by atoms with Crippen LogP contribution in [0.25, 0.3) is 4.96 Å². The van der Waals surface area contributed by atoms with E-state index < -0.39 is 5.91 Å². The third-order valence-corrected chi connectivity index (χ3v) is 3.63. The Bertz CT molecular complexity index is 760. The molecule has 1 amide bonds. The van der Waals surface area contributed by atoms with Crippen molar-refractivity contribution in [3.05, 3.63) is 47.1 Å². The highest BCUT2D eigenvalue weighted by Gasteiger charge is 2.13. The van der Waals surface area contributed by atoms with Crippen LogP contribution in [0.4, 0.5) is 0 Å². The monoisotopic (exact) mass is 288 g/mol. The summed E-state index contributed by atoms with van der Waals surface area (Å²) in [5.41, 5.74) is 12.2. The SMILES string of the molecule is NCc1c(Oc2ccc(C(N)=O)cc2)nc2sccn12. The number of nitrogens with two attached hydrogens (primary N) is 2. The lowest BCUT2D eigenvalue weighted by atomic mass is 10.2. The molecule has 102 valence electrons. The third-order valence-electron chi connectivity index (χ3n) is 2.87. The largest absolute Gasteiger partial charge is 0.437 e. The van der Waals surface area contributed by atoms with Crippen LogP contribution in [0.1, 0.15) is 16.1 Å². The molecule has 6 nitrogen and oxygen atoms in total. The van der Waals surface area contributed by atoms with Gasteiger partial charge in [0, 0.05) is 23.7 Å². The molecule has 0 aliphatic carbocycles. The average Bonchev–Trinajstić information content (AvgIpc) is 2.99. The zero-order valence-electron chi connectivity index (χ0n) is 10.4. The van der Waals surface area contributed by atoms with Crippen LogP contribution in [-0.2, 0) is 6.54 Å². The van der Waals surface area contributed by atoms with E-state index >= 15 is 0 Å². The summed E-state index contributed by atoms with van der Waals surface area (Å²) in [7, 11) is 0. The first-order valence-electron chi connectivity index (χ1n) is 5.91. The van der Waals surface area contributed by atoms with Gasteiger partial charge < -0.3 is 16.2 Å². The number of primary amides is 1. The number of amides is 1. The van der Waals surface area contributed by atoms with Crippen LogP contribution in [0.3, 0.4) is 0 Å². The van der Waals surface area contributed by atoms with Gasteiger partial charge >= 0.3 is 0 Å². The smallest absolute Gasteiger partial charge is 0.248 e. The highest BCUT2D eigenvalue weighted by Crippen LogP contribution is 2.27. The third kappa shape index (κ3) is 2.13. The van der Waals surface area contributed by atoms with Gasteiger partial charge in [0.1, 0.15) is 11.4 Å². The van der Waals surface area contributed by atoms with Crippen LogP contribution in [0.2, 0.25) is 0 Å². The van der Waals surface area contributed by atoms with Crippen LogP contribution in [0.15, 0.2) is 35.8 Å². The van der Waals surface area contributed by atoms with Gasteiger partial charge in [0.25, 0.3) is 0 Å². The predicted molar refractivity (Wildman–Crippen MR) is 76.0 cm³/mol. The fourth-order valence-corrected chi connectivity index (χ4v) is 2.60. The number of imidazole rings is 1. The van der Waals surface area contributed by atoms with E-state index in [9.17, 15) is 4.79 Å². The van der Waals surface area contributed by atoms with Gasteiger partial charge in [-0.3, -0.25) is 9.20 Å². The zero-order valence-corrected chi connectivity index (χ0v) is 11.3. The summed E-state index contributed by atoms with van der Waals surface area (Å²) in [5, 5.41) is 1.94. The molecule has 0 fully saturated rings. The number of hydrogen-bond donors (Lipinski definition) is 2. The second-order valence-electron chi connectivity index (χ2n) is 4.11. The number of benzene rings is 1. The second-order valence-corrected chi connectivity index (χ2v) is 4.99. The number of rotatable bonds is 4. The van der Waals surface area contributed by atoms with Crippen molar-refractivity contribution >= 4 is 22.2 Å². The number of hydrogen-bond acceptors (Lipinski definition) is 5. The molecule has 4 N–H and O–H groups in total. The van der Waals surface area contributed by atoms with Crippen molar-refractivity contribution < 1.29 is 9.53 Å². The molecular weight excluding hydrogens is 276 g/mol. The Morgan fingerprint density at radius 3 is 2.75 bits per heavy atom. The van der Waals surface area contributed by atoms with E-state index in [1.165, 1.54) is 11.3 Å². The molecule has 0 aliphatic rings. The van der Waals surface area contributed by atoms with Crippen LogP contribution in [-0.4, -0.2) is 15.3 Å². The summed E-state index contributed by atoms with van der Waals surface area (Å²) in [6, 6.07) is 6.57. The van der Waals surface area contributed by atoms with Crippen molar-refractivity contribution in [2.24, 2.45) is 11.5 Å². The minimum Gasteiger partial charge on any atom is -0.437 e. The molecule has 0 saturated heterocycles. The molecule has 2 heterocycles. The van der Waals surface area contributed by atoms with Crippen LogP contribution >= 0.6 is 11.3 Å². The number of carbonyl (C=O) groups is 1. The summed E-state index contributed by atoms with van der Waals surface area (Å²) in [6.45, 7) is 0.326. The van der Waals surface area contributed by atoms with Crippen molar-refractivity contribution in [3.63, 3.8) is 0 Å². The number of fused-ring (bicyclic) bond motifs is 1. The van der Waals surface area contributed by atoms with E-state index in [1.807, 2.05) is 16.0 Å². The van der Waals surface area contributed by atoms with Crippen molar-refractivity contribution in [1.82, 2.24) is 9.38 Å². The normalized spacial score (nSPS) is 10.8. The molecular formula is C13H12N4O2S. The molecule has 3 aromatic rings. The maximum Gasteiger partial charge on any atom is 0.248 e. The number of ether oxygens (including phenoxy) is 1. The maximum absolute atomic E-state index is 11.0. The standard InChI is InChI=1S/C13H12N4O2S/c14-7-10-12(16-13-17(10)5-6-20-13)19-9-3-1-8(2-4-9)11(15)18/h1-6H,7,14H2,(H2,15,18). The first-order chi connectivity index (χ1) is 9.69. The van der Waals surface area contributed by atoms with Gasteiger partial charge in [-0.15, -0.1) is 11.3 Å². The molecule has 0 aliphatic heterocycles. The Hall–Kier alpha value is -2.38. The van der Waals surface area contributed by atoms with Gasteiger partial charge in [0.05, 0.1) is 0 Å². The summed E-state index contributed by atoms with van der Waals surface area (Å²) in [5.74, 6) is 0.586. The van der Waals surface area contributed by atoms with Crippen LogP contribution < -0.4 is 16.2 Å². The zero-order chi connectivity index (χ0) is 14.1. The Balaban J connectivity index is 1.92. The minimum absolute atomic E-state index is 0.326. The highest BCUT2D eigenvalue weighted by atomic mass is 32.1. The second kappa shape index (κ2) is 4.95. The number of nitrogens with zero attached hydrogens (tertiary/aromatic N) is 2. The molecule has 2 aromatic heterocycles. The van der Waals surface area contributed by atoms with Crippen LogP contribution in [0.5, 0.6) is 11.6 Å². The molecule has 20 heavy (non-hydrogen) atoms. The lowest BCUT2D eigenvalue weighted by Gasteiger charge is -2.05. The average molecular weight is 288 g/mol. The quantitative estimate of drug-likeness (QED) is 0.764. The minimum atomic E-state index is -0.471. The number of thiazole rings is 1. The molecule has 0 spiro atoms. The van der Waals surface area contributed by atoms with Crippen LogP contribution in [0, 0.1) is 0 Å². The Labute approximate surface area is 118 Å². The predicted octanol–water partition coefficient (Wildman–Crippen LogP) is 1.75. The fraction of sp³-hybridized carbons (Fsp3) is 0.0769. The van der Waals surface area contributed by atoms with Gasteiger partial charge in [0.2, 0.25) is 11.8 Å². The summed E-state index contributed by atoms with van der Waals surface area (Å²) >= 11 is 1.51. The van der Waals surface area contributed by atoms with Gasteiger partial charge in [-0.25, -0.2) is 0 Å². The molecule has 7 heteroatoms. The van der Waals surface area contributed by atoms with Crippen molar-refractivity contribution in [1.29, 1.82) is 0 Å². The van der Waals surface area contributed by atoms with E-state index in [-0.39, 0.29) is 0 Å². The van der Waals surface area contributed by atoms with E-state index in [2.05, 4.69) is 4.98 Å². The Morgan fingerprint density at radius 2 is 2.10 bits per heavy atom. The molecule has 0 bridgehead atoms. The molecule has 0 saturated carbocycles. The number of aromatic nitrogens is 2. The molecule has 0 atom stereocenters. The van der Waals surface area contributed by atoms with Crippen molar-refractivity contribution in [2.45, 2.75) is 6.54 Å². The van der Waals surface area contributed by atoms with Gasteiger partial charge in [-0.1, -0.05) is 0 Å². The molecule has 3 rings (SSSR count). The first kappa shape index (κ1) is 12.6. The summed E-state index contributed by atoms with van der Waals surface area (Å²) in [4.78, 5) is 16.2. The van der Waals surface area contributed by atoms with Gasteiger partial charge in [0.15, 0.2) is 4.96 Å². The Kier molecular flexibility index (Phi) is 3.13. The topological polar surface area (TPSA) is 95.6 Å². The summed E-state index contributed by atoms with van der Waals surface area (Å²) in [6.07, 6.45) is 1.90.